The minimum absolute atomic E-state index is 0. The van der Waals surface area contributed by atoms with Crippen LogP contribution in [0.25, 0.3) is 5.69 Å². The second-order valence-corrected chi connectivity index (χ2v) is 6.76. The van der Waals surface area contributed by atoms with Gasteiger partial charge >= 0.3 is 0 Å². The third-order valence-electron chi connectivity index (χ3n) is 4.85. The highest BCUT2D eigenvalue weighted by molar-refractivity contribution is 14.0. The molecule has 1 aromatic carbocycles. The molecule has 29 heavy (non-hydrogen) atoms. The minimum Gasteiger partial charge on any atom is -0.497 e. The standard InChI is InChI=1S/C21H31N5O2.HI/c1-4-22-21(25-13-11-20(12-14-25)28-5-2)23-16-17-10-15-26(24-17)18-6-8-19(27-3)9-7-18;/h6-10,15,20H,4-5,11-14,16H2,1-3H3,(H,22,23);1H. The molecule has 2 aromatic rings. The number of hydrogen-bond acceptors (Lipinski definition) is 4. The summed E-state index contributed by atoms with van der Waals surface area (Å²) in [5, 5.41) is 8.06. The Kier molecular flexibility index (Phi) is 9.72. The first-order valence-electron chi connectivity index (χ1n) is 10.1. The average Bonchev–Trinajstić information content (AvgIpc) is 3.21. The Hall–Kier alpha value is -1.81. The van der Waals surface area contributed by atoms with Gasteiger partial charge in [-0.05, 0) is 57.0 Å². The molecule has 1 fully saturated rings. The number of halogens is 1. The second-order valence-electron chi connectivity index (χ2n) is 6.76. The fraction of sp³-hybridized carbons (Fsp3) is 0.524. The van der Waals surface area contributed by atoms with Gasteiger partial charge in [0.2, 0.25) is 0 Å². The fourth-order valence-corrected chi connectivity index (χ4v) is 3.38. The van der Waals surface area contributed by atoms with Crippen molar-refractivity contribution in [3.8, 4) is 11.4 Å². The van der Waals surface area contributed by atoms with E-state index in [1.807, 2.05) is 41.2 Å². The molecular formula is C21H32IN5O2. The molecule has 0 spiro atoms. The van der Waals surface area contributed by atoms with E-state index in [1.54, 1.807) is 7.11 Å². The fourth-order valence-electron chi connectivity index (χ4n) is 3.38. The number of hydrogen-bond donors (Lipinski definition) is 1. The molecule has 0 amide bonds. The van der Waals surface area contributed by atoms with Crippen LogP contribution in [0.2, 0.25) is 0 Å². The summed E-state index contributed by atoms with van der Waals surface area (Å²) in [5.41, 5.74) is 1.94. The molecular weight excluding hydrogens is 481 g/mol. The number of benzene rings is 1. The van der Waals surface area contributed by atoms with Crippen LogP contribution < -0.4 is 10.1 Å². The van der Waals surface area contributed by atoms with E-state index in [-0.39, 0.29) is 24.0 Å². The monoisotopic (exact) mass is 513 g/mol. The first-order valence-corrected chi connectivity index (χ1v) is 10.1. The SMILES string of the molecule is CCNC(=NCc1ccn(-c2ccc(OC)cc2)n1)N1CCC(OCC)CC1.I. The van der Waals surface area contributed by atoms with Crippen LogP contribution in [-0.2, 0) is 11.3 Å². The largest absolute Gasteiger partial charge is 0.497 e. The number of nitrogens with one attached hydrogen (secondary N) is 1. The number of aliphatic imine (C=N–C) groups is 1. The van der Waals surface area contributed by atoms with Gasteiger partial charge in [-0.25, -0.2) is 9.67 Å². The zero-order chi connectivity index (χ0) is 19.8. The van der Waals surface area contributed by atoms with E-state index in [9.17, 15) is 0 Å². The Bertz CT molecular complexity index is 755. The first-order chi connectivity index (χ1) is 13.7. The molecule has 1 aromatic heterocycles. The van der Waals surface area contributed by atoms with Crippen LogP contribution in [0.15, 0.2) is 41.5 Å². The van der Waals surface area contributed by atoms with Gasteiger partial charge in [0.1, 0.15) is 5.75 Å². The molecule has 8 heteroatoms. The summed E-state index contributed by atoms with van der Waals surface area (Å²) in [4.78, 5) is 7.13. The predicted octanol–water partition coefficient (Wildman–Crippen LogP) is 3.47. The number of likely N-dealkylation sites (tertiary alicyclic amines) is 1. The van der Waals surface area contributed by atoms with Crippen molar-refractivity contribution in [3.63, 3.8) is 0 Å². The molecule has 2 heterocycles. The van der Waals surface area contributed by atoms with Crippen LogP contribution in [0.4, 0.5) is 0 Å². The minimum atomic E-state index is 0. The van der Waals surface area contributed by atoms with Crippen molar-refractivity contribution in [2.75, 3.05) is 33.4 Å². The summed E-state index contributed by atoms with van der Waals surface area (Å²) in [6.07, 6.45) is 4.44. The maximum absolute atomic E-state index is 5.75. The lowest BCUT2D eigenvalue weighted by molar-refractivity contribution is 0.0263. The van der Waals surface area contributed by atoms with Crippen molar-refractivity contribution in [3.05, 3.63) is 42.2 Å². The lowest BCUT2D eigenvalue weighted by Crippen LogP contribution is -2.47. The van der Waals surface area contributed by atoms with Crippen LogP contribution in [0, 0.1) is 0 Å². The predicted molar refractivity (Wildman–Crippen MR) is 127 cm³/mol. The van der Waals surface area contributed by atoms with E-state index >= 15 is 0 Å². The van der Waals surface area contributed by atoms with Crippen molar-refractivity contribution >= 4 is 29.9 Å². The van der Waals surface area contributed by atoms with Gasteiger partial charge in [0.25, 0.3) is 0 Å². The third kappa shape index (κ3) is 6.60. The van der Waals surface area contributed by atoms with E-state index in [1.165, 1.54) is 0 Å². The van der Waals surface area contributed by atoms with Crippen molar-refractivity contribution < 1.29 is 9.47 Å². The number of methoxy groups -OCH3 is 1. The van der Waals surface area contributed by atoms with Crippen LogP contribution in [0.5, 0.6) is 5.75 Å². The van der Waals surface area contributed by atoms with E-state index in [2.05, 4.69) is 29.2 Å². The zero-order valence-corrected chi connectivity index (χ0v) is 19.8. The van der Waals surface area contributed by atoms with E-state index in [0.29, 0.717) is 12.6 Å². The second kappa shape index (κ2) is 12.0. The van der Waals surface area contributed by atoms with Crippen molar-refractivity contribution in [2.24, 2.45) is 4.99 Å². The maximum Gasteiger partial charge on any atom is 0.194 e. The van der Waals surface area contributed by atoms with Crippen molar-refractivity contribution in [2.45, 2.75) is 39.3 Å². The molecule has 0 radical (unpaired) electrons. The van der Waals surface area contributed by atoms with E-state index in [4.69, 9.17) is 14.5 Å². The third-order valence-corrected chi connectivity index (χ3v) is 4.85. The molecule has 1 aliphatic rings. The summed E-state index contributed by atoms with van der Waals surface area (Å²) >= 11 is 0. The summed E-state index contributed by atoms with van der Waals surface area (Å²) in [6, 6.07) is 9.86. The topological polar surface area (TPSA) is 63.9 Å². The molecule has 0 aliphatic carbocycles. The quantitative estimate of drug-likeness (QED) is 0.349. The Balaban J connectivity index is 0.00000300. The Morgan fingerprint density at radius 2 is 1.90 bits per heavy atom. The number of rotatable bonds is 7. The number of aromatic nitrogens is 2. The van der Waals surface area contributed by atoms with Gasteiger partial charge in [-0.1, -0.05) is 0 Å². The Morgan fingerprint density at radius 3 is 2.52 bits per heavy atom. The number of ether oxygens (including phenoxy) is 2. The highest BCUT2D eigenvalue weighted by atomic mass is 127. The summed E-state index contributed by atoms with van der Waals surface area (Å²) < 4.78 is 12.8. The normalized spacial score (nSPS) is 15.1. The van der Waals surface area contributed by atoms with Crippen molar-refractivity contribution in [1.29, 1.82) is 0 Å². The van der Waals surface area contributed by atoms with Crippen molar-refractivity contribution in [1.82, 2.24) is 20.0 Å². The molecule has 1 aliphatic heterocycles. The molecule has 1 N–H and O–H groups in total. The summed E-state index contributed by atoms with van der Waals surface area (Å²) in [5.74, 6) is 1.79. The molecule has 0 saturated carbocycles. The molecule has 0 unspecified atom stereocenters. The number of piperidine rings is 1. The lowest BCUT2D eigenvalue weighted by atomic mass is 10.1. The maximum atomic E-state index is 5.75. The van der Waals surface area contributed by atoms with Crippen LogP contribution in [-0.4, -0.2) is 60.1 Å². The smallest absolute Gasteiger partial charge is 0.194 e. The number of nitrogens with zero attached hydrogens (tertiary/aromatic N) is 4. The summed E-state index contributed by atoms with van der Waals surface area (Å²) in [7, 11) is 1.67. The van der Waals surface area contributed by atoms with Gasteiger partial charge in [0.15, 0.2) is 5.96 Å². The van der Waals surface area contributed by atoms with Crippen LogP contribution in [0.3, 0.4) is 0 Å². The highest BCUT2D eigenvalue weighted by Crippen LogP contribution is 2.16. The summed E-state index contributed by atoms with van der Waals surface area (Å²) in [6.45, 7) is 8.29. The molecule has 3 rings (SSSR count). The van der Waals surface area contributed by atoms with Gasteiger partial charge < -0.3 is 19.7 Å². The van der Waals surface area contributed by atoms with Gasteiger partial charge in [-0.2, -0.15) is 5.10 Å². The van der Waals surface area contributed by atoms with Crippen LogP contribution in [0.1, 0.15) is 32.4 Å². The Morgan fingerprint density at radius 1 is 1.17 bits per heavy atom. The van der Waals surface area contributed by atoms with E-state index in [0.717, 1.165) is 62.2 Å². The first kappa shape index (κ1) is 23.5. The van der Waals surface area contributed by atoms with Gasteiger partial charge in [-0.3, -0.25) is 0 Å². The van der Waals surface area contributed by atoms with Gasteiger partial charge in [0, 0.05) is 32.4 Å². The molecule has 1 saturated heterocycles. The average molecular weight is 513 g/mol. The van der Waals surface area contributed by atoms with E-state index < -0.39 is 0 Å². The Labute approximate surface area is 190 Å². The van der Waals surface area contributed by atoms with Gasteiger partial charge in [-0.15, -0.1) is 24.0 Å². The molecule has 7 nitrogen and oxygen atoms in total. The number of guanidine groups is 1. The molecule has 0 atom stereocenters. The molecule has 160 valence electrons. The lowest BCUT2D eigenvalue weighted by Gasteiger charge is -2.34. The zero-order valence-electron chi connectivity index (χ0n) is 17.5. The molecule has 0 bridgehead atoms. The van der Waals surface area contributed by atoms with Crippen LogP contribution >= 0.6 is 24.0 Å². The highest BCUT2D eigenvalue weighted by Gasteiger charge is 2.21. The van der Waals surface area contributed by atoms with Gasteiger partial charge in [0.05, 0.1) is 31.1 Å².